The van der Waals surface area contributed by atoms with Gasteiger partial charge in [0.05, 0.1) is 6.61 Å². The zero-order valence-corrected chi connectivity index (χ0v) is 14.7. The molecule has 1 aromatic rings. The molecule has 6 nitrogen and oxygen atoms in total. The summed E-state index contributed by atoms with van der Waals surface area (Å²) in [4.78, 5) is 16.9. The van der Waals surface area contributed by atoms with Gasteiger partial charge >= 0.3 is 0 Å². The molecule has 1 atom stereocenters. The minimum atomic E-state index is -0.210. The van der Waals surface area contributed by atoms with Crippen LogP contribution in [0.1, 0.15) is 24.8 Å². The van der Waals surface area contributed by atoms with Crippen molar-refractivity contribution in [1.29, 1.82) is 0 Å². The van der Waals surface area contributed by atoms with Crippen molar-refractivity contribution >= 4 is 5.91 Å². The average molecular weight is 348 g/mol. The van der Waals surface area contributed by atoms with Crippen LogP contribution in [0.15, 0.2) is 24.3 Å². The van der Waals surface area contributed by atoms with Crippen LogP contribution in [0.4, 0.5) is 0 Å². The van der Waals surface area contributed by atoms with Gasteiger partial charge in [0.2, 0.25) is 0 Å². The van der Waals surface area contributed by atoms with Crippen molar-refractivity contribution in [3.63, 3.8) is 0 Å². The van der Waals surface area contributed by atoms with Gasteiger partial charge in [-0.1, -0.05) is 12.1 Å². The van der Waals surface area contributed by atoms with Gasteiger partial charge in [-0.25, -0.2) is 0 Å². The second-order valence-electron chi connectivity index (χ2n) is 6.67. The third-order valence-electron chi connectivity index (χ3n) is 4.79. The molecule has 0 bridgehead atoms. The normalized spacial score (nSPS) is 22.0. The van der Waals surface area contributed by atoms with E-state index in [-0.39, 0.29) is 18.6 Å². The minimum Gasteiger partial charge on any atom is -0.491 e. The average Bonchev–Trinajstić information content (AvgIpc) is 3.08. The quantitative estimate of drug-likeness (QED) is 0.839. The Morgan fingerprint density at radius 3 is 2.72 bits per heavy atom. The molecule has 2 aliphatic rings. The molecule has 0 radical (unpaired) electrons. The first-order chi connectivity index (χ1) is 12.3. The molecular formula is C19H28N2O4. The number of ether oxygens (including phenoxy) is 2. The van der Waals surface area contributed by atoms with Crippen molar-refractivity contribution in [2.75, 3.05) is 46.0 Å². The first-order valence-corrected chi connectivity index (χ1v) is 9.21. The lowest BCUT2D eigenvalue weighted by atomic mass is 10.2. The molecule has 1 aromatic carbocycles. The molecule has 0 spiro atoms. The van der Waals surface area contributed by atoms with E-state index in [0.29, 0.717) is 13.2 Å². The zero-order valence-electron chi connectivity index (χ0n) is 14.7. The molecule has 1 unspecified atom stereocenters. The highest BCUT2D eigenvalue weighted by Gasteiger charge is 2.29. The standard InChI is InChI=1S/C19H28N2O4/c22-12-14-24-17-6-4-16(5-7-17)15-20-8-2-9-21(11-10-20)19(23)18-3-1-13-25-18/h4-7,18,22H,1-3,8-15H2. The fraction of sp³-hybridized carbons (Fsp3) is 0.632. The summed E-state index contributed by atoms with van der Waals surface area (Å²) in [5.74, 6) is 0.951. The summed E-state index contributed by atoms with van der Waals surface area (Å²) in [6, 6.07) is 8.01. The van der Waals surface area contributed by atoms with Crippen molar-refractivity contribution < 1.29 is 19.4 Å². The number of amides is 1. The molecule has 2 fully saturated rings. The molecule has 3 rings (SSSR count). The number of aliphatic hydroxyl groups excluding tert-OH is 1. The summed E-state index contributed by atoms with van der Waals surface area (Å²) in [6.07, 6.45) is 2.65. The van der Waals surface area contributed by atoms with Crippen LogP contribution in [-0.2, 0) is 16.1 Å². The molecule has 0 saturated carbocycles. The fourth-order valence-corrected chi connectivity index (χ4v) is 3.44. The van der Waals surface area contributed by atoms with Gasteiger partial charge in [0, 0.05) is 39.3 Å². The third kappa shape index (κ3) is 5.17. The Labute approximate surface area is 149 Å². The number of aliphatic hydroxyl groups is 1. The number of hydrogen-bond donors (Lipinski definition) is 1. The molecule has 25 heavy (non-hydrogen) atoms. The number of benzene rings is 1. The van der Waals surface area contributed by atoms with E-state index in [1.807, 2.05) is 17.0 Å². The molecule has 1 N–H and O–H groups in total. The van der Waals surface area contributed by atoms with Crippen molar-refractivity contribution in [1.82, 2.24) is 9.80 Å². The van der Waals surface area contributed by atoms with Crippen LogP contribution in [-0.4, -0.2) is 72.9 Å². The van der Waals surface area contributed by atoms with Crippen molar-refractivity contribution in [2.24, 2.45) is 0 Å². The first kappa shape index (κ1) is 18.2. The smallest absolute Gasteiger partial charge is 0.251 e. The number of hydrogen-bond acceptors (Lipinski definition) is 5. The molecule has 2 aliphatic heterocycles. The summed E-state index contributed by atoms with van der Waals surface area (Å²) in [5, 5.41) is 8.79. The lowest BCUT2D eigenvalue weighted by molar-refractivity contribution is -0.140. The Morgan fingerprint density at radius 2 is 2.00 bits per heavy atom. The summed E-state index contributed by atoms with van der Waals surface area (Å²) in [6.45, 7) is 5.42. The lowest BCUT2D eigenvalue weighted by Crippen LogP contribution is -2.41. The van der Waals surface area contributed by atoms with Crippen molar-refractivity contribution in [2.45, 2.75) is 31.9 Å². The number of rotatable bonds is 6. The van der Waals surface area contributed by atoms with E-state index in [1.165, 1.54) is 5.56 Å². The predicted molar refractivity (Wildman–Crippen MR) is 94.5 cm³/mol. The van der Waals surface area contributed by atoms with Crippen LogP contribution in [0.3, 0.4) is 0 Å². The van der Waals surface area contributed by atoms with Crippen molar-refractivity contribution in [3.05, 3.63) is 29.8 Å². The Kier molecular flexibility index (Phi) is 6.67. The van der Waals surface area contributed by atoms with Gasteiger partial charge in [-0.05, 0) is 37.0 Å². The molecule has 1 amide bonds. The van der Waals surface area contributed by atoms with Gasteiger partial charge in [0.25, 0.3) is 5.91 Å². The van der Waals surface area contributed by atoms with Crippen LogP contribution in [0.25, 0.3) is 0 Å². The molecule has 2 saturated heterocycles. The second kappa shape index (κ2) is 9.17. The van der Waals surface area contributed by atoms with Crippen LogP contribution < -0.4 is 4.74 Å². The van der Waals surface area contributed by atoms with Gasteiger partial charge in [-0.3, -0.25) is 9.69 Å². The van der Waals surface area contributed by atoms with E-state index in [4.69, 9.17) is 14.6 Å². The van der Waals surface area contributed by atoms with Crippen LogP contribution in [0.5, 0.6) is 5.75 Å². The number of carbonyl (C=O) groups is 1. The Bertz CT molecular complexity index is 543. The second-order valence-corrected chi connectivity index (χ2v) is 6.67. The highest BCUT2D eigenvalue weighted by atomic mass is 16.5. The lowest BCUT2D eigenvalue weighted by Gasteiger charge is -2.24. The molecule has 2 heterocycles. The number of nitrogens with zero attached hydrogens (tertiary/aromatic N) is 2. The third-order valence-corrected chi connectivity index (χ3v) is 4.79. The van der Waals surface area contributed by atoms with Crippen LogP contribution >= 0.6 is 0 Å². The highest BCUT2D eigenvalue weighted by Crippen LogP contribution is 2.18. The fourth-order valence-electron chi connectivity index (χ4n) is 3.44. The van der Waals surface area contributed by atoms with Crippen LogP contribution in [0.2, 0.25) is 0 Å². The van der Waals surface area contributed by atoms with E-state index in [9.17, 15) is 4.79 Å². The minimum absolute atomic E-state index is 0.0245. The SMILES string of the molecule is O=C(C1CCCO1)N1CCCN(Cc2ccc(OCCO)cc2)CC1. The van der Waals surface area contributed by atoms with E-state index in [2.05, 4.69) is 17.0 Å². The molecule has 138 valence electrons. The Morgan fingerprint density at radius 1 is 1.16 bits per heavy atom. The summed E-state index contributed by atoms with van der Waals surface area (Å²) in [5.41, 5.74) is 1.23. The van der Waals surface area contributed by atoms with Crippen molar-refractivity contribution in [3.8, 4) is 5.75 Å². The number of carbonyl (C=O) groups excluding carboxylic acids is 1. The molecule has 6 heteroatoms. The van der Waals surface area contributed by atoms with Gasteiger partial charge < -0.3 is 19.5 Å². The maximum atomic E-state index is 12.5. The van der Waals surface area contributed by atoms with E-state index >= 15 is 0 Å². The molecular weight excluding hydrogens is 320 g/mol. The monoisotopic (exact) mass is 348 g/mol. The Balaban J connectivity index is 1.48. The first-order valence-electron chi connectivity index (χ1n) is 9.21. The molecule has 0 aromatic heterocycles. The van der Waals surface area contributed by atoms with E-state index in [0.717, 1.165) is 57.7 Å². The highest BCUT2D eigenvalue weighted by molar-refractivity contribution is 5.81. The maximum Gasteiger partial charge on any atom is 0.251 e. The largest absolute Gasteiger partial charge is 0.491 e. The predicted octanol–water partition coefficient (Wildman–Crippen LogP) is 1.27. The van der Waals surface area contributed by atoms with Gasteiger partial charge in [-0.15, -0.1) is 0 Å². The summed E-state index contributed by atoms with van der Waals surface area (Å²) in [7, 11) is 0. The summed E-state index contributed by atoms with van der Waals surface area (Å²) < 4.78 is 10.9. The zero-order chi connectivity index (χ0) is 17.5. The maximum absolute atomic E-state index is 12.5. The van der Waals surface area contributed by atoms with Gasteiger partial charge in [0.1, 0.15) is 18.5 Å². The van der Waals surface area contributed by atoms with Gasteiger partial charge in [-0.2, -0.15) is 0 Å². The van der Waals surface area contributed by atoms with Crippen LogP contribution in [0, 0.1) is 0 Å². The molecule has 0 aliphatic carbocycles. The Hall–Kier alpha value is -1.63. The van der Waals surface area contributed by atoms with E-state index in [1.54, 1.807) is 0 Å². The van der Waals surface area contributed by atoms with Gasteiger partial charge in [0.15, 0.2) is 0 Å². The summed E-state index contributed by atoms with van der Waals surface area (Å²) >= 11 is 0. The topological polar surface area (TPSA) is 62.2 Å². The van der Waals surface area contributed by atoms with E-state index < -0.39 is 0 Å².